The molecule has 2 N–H and O–H groups in total. The fourth-order valence-corrected chi connectivity index (χ4v) is 1.27. The molecule has 0 aromatic heterocycles. The first-order chi connectivity index (χ1) is 8.11. The number of hydrogen-bond acceptors (Lipinski definition) is 3. The lowest BCUT2D eigenvalue weighted by molar-refractivity contribution is -0.138. The molecule has 17 heavy (non-hydrogen) atoms. The van der Waals surface area contributed by atoms with Gasteiger partial charge in [-0.25, -0.2) is 0 Å². The second-order valence-electron chi connectivity index (χ2n) is 3.40. The van der Waals surface area contributed by atoms with Gasteiger partial charge in [-0.15, -0.1) is 0 Å². The zero-order valence-corrected chi connectivity index (χ0v) is 9.60. The number of nitrogens with one attached hydrogen (secondary N) is 1. The lowest BCUT2D eigenvalue weighted by atomic mass is 10.2. The van der Waals surface area contributed by atoms with Gasteiger partial charge in [0.15, 0.2) is 0 Å². The lowest BCUT2D eigenvalue weighted by Crippen LogP contribution is -2.13. The van der Waals surface area contributed by atoms with Crippen LogP contribution < -0.4 is 10.1 Å². The Labute approximate surface area is 99.4 Å². The first-order valence-corrected chi connectivity index (χ1v) is 5.36. The normalized spacial score (nSPS) is 9.71. The fourth-order valence-electron chi connectivity index (χ4n) is 1.27. The minimum atomic E-state index is -0.983. The second kappa shape index (κ2) is 6.52. The van der Waals surface area contributed by atoms with Crippen molar-refractivity contribution in [2.24, 2.45) is 0 Å². The molecule has 0 unspecified atom stereocenters. The molecular formula is C12H15NO4. The second-order valence-corrected chi connectivity index (χ2v) is 3.40. The molecule has 1 rings (SSSR count). The highest BCUT2D eigenvalue weighted by Gasteiger charge is 2.06. The van der Waals surface area contributed by atoms with Crippen molar-refractivity contribution >= 4 is 17.6 Å². The SMILES string of the molecule is CCOc1cccc(NC(=O)CCC(=O)O)c1. The Balaban J connectivity index is 2.52. The predicted octanol–water partition coefficient (Wildman–Crippen LogP) is 1.89. The van der Waals surface area contributed by atoms with Crippen molar-refractivity contribution in [3.8, 4) is 5.75 Å². The van der Waals surface area contributed by atoms with Gasteiger partial charge in [0.25, 0.3) is 0 Å². The van der Waals surface area contributed by atoms with Crippen LogP contribution in [0.25, 0.3) is 0 Å². The number of benzene rings is 1. The number of amides is 1. The van der Waals surface area contributed by atoms with Gasteiger partial charge in [-0.1, -0.05) is 6.07 Å². The van der Waals surface area contributed by atoms with Crippen LogP contribution in [0, 0.1) is 0 Å². The predicted molar refractivity (Wildman–Crippen MR) is 63.1 cm³/mol. The molecule has 0 spiro atoms. The third-order valence-corrected chi connectivity index (χ3v) is 1.99. The molecule has 5 heteroatoms. The van der Waals surface area contributed by atoms with Gasteiger partial charge in [0.1, 0.15) is 5.75 Å². The molecule has 5 nitrogen and oxygen atoms in total. The van der Waals surface area contributed by atoms with Gasteiger partial charge in [-0.2, -0.15) is 0 Å². The van der Waals surface area contributed by atoms with Crippen molar-refractivity contribution in [1.29, 1.82) is 0 Å². The van der Waals surface area contributed by atoms with Gasteiger partial charge in [-0.05, 0) is 19.1 Å². The highest BCUT2D eigenvalue weighted by molar-refractivity contribution is 5.92. The standard InChI is InChI=1S/C12H15NO4/c1-2-17-10-5-3-4-9(8-10)13-11(14)6-7-12(15)16/h3-5,8H,2,6-7H2,1H3,(H,13,14)(H,15,16). The summed E-state index contributed by atoms with van der Waals surface area (Å²) in [5.74, 6) is -0.632. The molecule has 0 saturated heterocycles. The minimum Gasteiger partial charge on any atom is -0.494 e. The smallest absolute Gasteiger partial charge is 0.303 e. The van der Waals surface area contributed by atoms with Crippen LogP contribution in [0.5, 0.6) is 5.75 Å². The Hall–Kier alpha value is -2.04. The fraction of sp³-hybridized carbons (Fsp3) is 0.333. The third-order valence-electron chi connectivity index (χ3n) is 1.99. The number of anilines is 1. The van der Waals surface area contributed by atoms with Crippen LogP contribution in [0.2, 0.25) is 0 Å². The van der Waals surface area contributed by atoms with E-state index in [1.54, 1.807) is 24.3 Å². The molecule has 0 atom stereocenters. The average molecular weight is 237 g/mol. The number of carbonyl (C=O) groups is 2. The van der Waals surface area contributed by atoms with E-state index in [2.05, 4.69) is 5.32 Å². The monoisotopic (exact) mass is 237 g/mol. The number of hydrogen-bond donors (Lipinski definition) is 2. The summed E-state index contributed by atoms with van der Waals surface area (Å²) in [4.78, 5) is 21.7. The van der Waals surface area contributed by atoms with E-state index in [-0.39, 0.29) is 18.7 Å². The number of aliphatic carboxylic acids is 1. The summed E-state index contributed by atoms with van der Waals surface area (Å²) in [5.41, 5.74) is 0.603. The van der Waals surface area contributed by atoms with E-state index in [0.29, 0.717) is 18.0 Å². The largest absolute Gasteiger partial charge is 0.494 e. The molecule has 1 aromatic carbocycles. The highest BCUT2D eigenvalue weighted by atomic mass is 16.5. The van der Waals surface area contributed by atoms with Crippen LogP contribution in [0.1, 0.15) is 19.8 Å². The Bertz CT molecular complexity index is 403. The number of carbonyl (C=O) groups excluding carboxylic acids is 1. The summed E-state index contributed by atoms with van der Waals surface area (Å²) in [6.45, 7) is 2.43. The van der Waals surface area contributed by atoms with Crippen molar-refractivity contribution in [3.63, 3.8) is 0 Å². The van der Waals surface area contributed by atoms with Crippen molar-refractivity contribution in [2.45, 2.75) is 19.8 Å². The summed E-state index contributed by atoms with van der Waals surface area (Å²) >= 11 is 0. The summed E-state index contributed by atoms with van der Waals surface area (Å²) in [7, 11) is 0. The van der Waals surface area contributed by atoms with E-state index in [4.69, 9.17) is 9.84 Å². The zero-order valence-electron chi connectivity index (χ0n) is 9.60. The minimum absolute atomic E-state index is 0.0335. The van der Waals surface area contributed by atoms with Crippen molar-refractivity contribution in [1.82, 2.24) is 0 Å². The summed E-state index contributed by atoms with van der Waals surface area (Å²) in [5, 5.41) is 11.1. The maximum Gasteiger partial charge on any atom is 0.303 e. The number of carboxylic acid groups (broad SMARTS) is 1. The van der Waals surface area contributed by atoms with Gasteiger partial charge in [-0.3, -0.25) is 9.59 Å². The van der Waals surface area contributed by atoms with E-state index in [9.17, 15) is 9.59 Å². The molecular weight excluding hydrogens is 222 g/mol. The third kappa shape index (κ3) is 5.01. The molecule has 0 fully saturated rings. The van der Waals surface area contributed by atoms with E-state index >= 15 is 0 Å². The van der Waals surface area contributed by atoms with Crippen molar-refractivity contribution < 1.29 is 19.4 Å². The highest BCUT2D eigenvalue weighted by Crippen LogP contribution is 2.17. The van der Waals surface area contributed by atoms with Gasteiger partial charge in [0.05, 0.1) is 13.0 Å². The van der Waals surface area contributed by atoms with E-state index < -0.39 is 5.97 Å². The summed E-state index contributed by atoms with van der Waals surface area (Å²) in [6.07, 6.45) is -0.203. The topological polar surface area (TPSA) is 75.6 Å². The first-order valence-electron chi connectivity index (χ1n) is 5.36. The molecule has 0 bridgehead atoms. The summed E-state index contributed by atoms with van der Waals surface area (Å²) in [6, 6.07) is 6.97. The molecule has 0 saturated carbocycles. The first kappa shape index (κ1) is 13.0. The van der Waals surface area contributed by atoms with E-state index in [0.717, 1.165) is 0 Å². The van der Waals surface area contributed by atoms with E-state index in [1.807, 2.05) is 6.92 Å². The number of carboxylic acids is 1. The average Bonchev–Trinajstić information content (AvgIpc) is 2.27. The maximum absolute atomic E-state index is 11.4. The zero-order chi connectivity index (χ0) is 12.7. The van der Waals surface area contributed by atoms with Crippen LogP contribution in [0.15, 0.2) is 24.3 Å². The molecule has 92 valence electrons. The van der Waals surface area contributed by atoms with Crippen LogP contribution >= 0.6 is 0 Å². The molecule has 1 aromatic rings. The van der Waals surface area contributed by atoms with Crippen LogP contribution in [0.3, 0.4) is 0 Å². The maximum atomic E-state index is 11.4. The van der Waals surface area contributed by atoms with Crippen LogP contribution in [-0.2, 0) is 9.59 Å². The molecule has 0 heterocycles. The molecule has 0 radical (unpaired) electrons. The van der Waals surface area contributed by atoms with Gasteiger partial charge in [0.2, 0.25) is 5.91 Å². The molecule has 1 amide bonds. The van der Waals surface area contributed by atoms with Crippen molar-refractivity contribution in [2.75, 3.05) is 11.9 Å². The Kier molecular flexibility index (Phi) is 5.00. The van der Waals surface area contributed by atoms with Gasteiger partial charge < -0.3 is 15.2 Å². The molecule has 0 aliphatic carbocycles. The Morgan fingerprint density at radius 3 is 2.76 bits per heavy atom. The lowest BCUT2D eigenvalue weighted by Gasteiger charge is -2.07. The quantitative estimate of drug-likeness (QED) is 0.792. The Morgan fingerprint density at radius 2 is 2.12 bits per heavy atom. The van der Waals surface area contributed by atoms with Crippen LogP contribution in [0.4, 0.5) is 5.69 Å². The van der Waals surface area contributed by atoms with Gasteiger partial charge >= 0.3 is 5.97 Å². The molecule has 0 aliphatic rings. The van der Waals surface area contributed by atoms with Gasteiger partial charge in [0, 0.05) is 18.2 Å². The van der Waals surface area contributed by atoms with E-state index in [1.165, 1.54) is 0 Å². The van der Waals surface area contributed by atoms with Crippen LogP contribution in [-0.4, -0.2) is 23.6 Å². The number of rotatable bonds is 6. The molecule has 0 aliphatic heterocycles. The van der Waals surface area contributed by atoms with Crippen molar-refractivity contribution in [3.05, 3.63) is 24.3 Å². The number of ether oxygens (including phenoxy) is 1. The Morgan fingerprint density at radius 1 is 1.35 bits per heavy atom. The summed E-state index contributed by atoms with van der Waals surface area (Å²) < 4.78 is 5.28.